The maximum atomic E-state index is 13.6. The summed E-state index contributed by atoms with van der Waals surface area (Å²) < 4.78 is 13.7. The van der Waals surface area contributed by atoms with Crippen molar-refractivity contribution in [2.24, 2.45) is 4.99 Å². The molecule has 0 saturated heterocycles. The van der Waals surface area contributed by atoms with Gasteiger partial charge < -0.3 is 9.47 Å². The molecule has 0 aliphatic carbocycles. The van der Waals surface area contributed by atoms with Crippen molar-refractivity contribution in [3.63, 3.8) is 0 Å². The molecule has 172 valence electrons. The van der Waals surface area contributed by atoms with Gasteiger partial charge in [0.05, 0.1) is 34.0 Å². The molecule has 1 aliphatic rings. The zero-order valence-electron chi connectivity index (χ0n) is 18.5. The van der Waals surface area contributed by atoms with Crippen molar-refractivity contribution < 1.29 is 14.3 Å². The summed E-state index contributed by atoms with van der Waals surface area (Å²) in [6.07, 6.45) is 3.30. The van der Waals surface area contributed by atoms with Crippen LogP contribution in [-0.2, 0) is 9.53 Å². The largest absolute Gasteiger partial charge is 0.496 e. The first-order valence-corrected chi connectivity index (χ1v) is 13.1. The Balaban J connectivity index is 1.94. The molecule has 0 bridgehead atoms. The smallest absolute Gasteiger partial charge is 0.338 e. The lowest BCUT2D eigenvalue weighted by atomic mass is 9.99. The van der Waals surface area contributed by atoms with Crippen LogP contribution >= 0.6 is 38.6 Å². The number of benzene rings is 1. The zero-order chi connectivity index (χ0) is 23.5. The van der Waals surface area contributed by atoms with E-state index in [2.05, 4.69) is 15.9 Å². The molecule has 2 aromatic heterocycles. The summed E-state index contributed by atoms with van der Waals surface area (Å²) in [6, 6.07) is 8.96. The molecule has 0 fully saturated rings. The number of aromatic nitrogens is 1. The Morgan fingerprint density at radius 2 is 2.12 bits per heavy atom. The average Bonchev–Trinajstić information content (AvgIpc) is 3.42. The summed E-state index contributed by atoms with van der Waals surface area (Å²) in [5, 5.41) is 1.95. The fourth-order valence-electron chi connectivity index (χ4n) is 3.76. The first-order valence-electron chi connectivity index (χ1n) is 10.6. The van der Waals surface area contributed by atoms with Crippen molar-refractivity contribution in [1.82, 2.24) is 4.57 Å². The third kappa shape index (κ3) is 4.62. The van der Waals surface area contributed by atoms with Crippen LogP contribution in [0.25, 0.3) is 6.08 Å². The van der Waals surface area contributed by atoms with E-state index in [1.807, 2.05) is 48.7 Å². The normalized spacial score (nSPS) is 15.9. The zero-order valence-corrected chi connectivity index (χ0v) is 21.7. The predicted molar refractivity (Wildman–Crippen MR) is 135 cm³/mol. The summed E-state index contributed by atoms with van der Waals surface area (Å²) >= 11 is 6.34. The molecule has 4 rings (SSSR count). The van der Waals surface area contributed by atoms with Crippen molar-refractivity contribution in [1.29, 1.82) is 0 Å². The third-order valence-electron chi connectivity index (χ3n) is 5.18. The Morgan fingerprint density at radius 1 is 1.30 bits per heavy atom. The van der Waals surface area contributed by atoms with Crippen LogP contribution in [0.5, 0.6) is 5.75 Å². The van der Waals surface area contributed by atoms with Gasteiger partial charge in [-0.15, -0.1) is 11.3 Å². The van der Waals surface area contributed by atoms with E-state index in [4.69, 9.17) is 14.5 Å². The minimum absolute atomic E-state index is 0.179. The number of rotatable bonds is 7. The van der Waals surface area contributed by atoms with Gasteiger partial charge >= 0.3 is 5.97 Å². The molecule has 1 atom stereocenters. The standard InChI is InChI=1S/C24H23BrN2O4S2/c1-4-7-16-20(23(29)31-5-2)21(18-8-6-11-32-18)27-22(28)19(33-24(27)26-16)13-14-9-10-17(30-3)15(25)12-14/h6,8-13,21H,4-5,7H2,1-3H3/b19-13-. The fraction of sp³-hybridized carbons (Fsp3) is 0.292. The van der Waals surface area contributed by atoms with Gasteiger partial charge in [-0.3, -0.25) is 9.36 Å². The molecule has 3 aromatic rings. The summed E-state index contributed by atoms with van der Waals surface area (Å²) in [5.74, 6) is 0.297. The summed E-state index contributed by atoms with van der Waals surface area (Å²) in [7, 11) is 1.61. The molecule has 6 nitrogen and oxygen atoms in total. The van der Waals surface area contributed by atoms with Gasteiger partial charge in [0.15, 0.2) is 4.80 Å². The van der Waals surface area contributed by atoms with Crippen molar-refractivity contribution in [2.45, 2.75) is 32.7 Å². The number of nitrogens with zero attached hydrogens (tertiary/aromatic N) is 2. The van der Waals surface area contributed by atoms with Gasteiger partial charge in [0, 0.05) is 4.88 Å². The van der Waals surface area contributed by atoms with Gasteiger partial charge in [-0.05, 0) is 64.5 Å². The number of hydrogen-bond donors (Lipinski definition) is 0. The molecule has 0 amide bonds. The Labute approximate surface area is 207 Å². The molecule has 1 aliphatic heterocycles. The Kier molecular flexibility index (Phi) is 7.31. The molecular weight excluding hydrogens is 524 g/mol. The monoisotopic (exact) mass is 546 g/mol. The number of carbonyl (C=O) groups excluding carboxylic acids is 1. The molecule has 0 saturated carbocycles. The van der Waals surface area contributed by atoms with Crippen LogP contribution in [0.3, 0.4) is 0 Å². The lowest BCUT2D eigenvalue weighted by molar-refractivity contribution is -0.139. The van der Waals surface area contributed by atoms with E-state index in [0.29, 0.717) is 27.0 Å². The molecule has 1 unspecified atom stereocenters. The van der Waals surface area contributed by atoms with Crippen LogP contribution in [0.2, 0.25) is 0 Å². The van der Waals surface area contributed by atoms with Gasteiger partial charge in [0.1, 0.15) is 11.8 Å². The SMILES string of the molecule is CCCC1=C(C(=O)OCC)C(c2cccs2)n2c(s/c(=C\c3ccc(OC)c(Br)c3)c2=O)=N1. The Hall–Kier alpha value is -2.49. The van der Waals surface area contributed by atoms with Crippen LogP contribution in [0.4, 0.5) is 0 Å². The number of ether oxygens (including phenoxy) is 2. The number of hydrogen-bond acceptors (Lipinski definition) is 7. The number of esters is 1. The predicted octanol–water partition coefficient (Wildman–Crippen LogP) is 4.41. The topological polar surface area (TPSA) is 69.9 Å². The average molecular weight is 547 g/mol. The molecule has 0 spiro atoms. The third-order valence-corrected chi connectivity index (χ3v) is 7.71. The second-order valence-electron chi connectivity index (χ2n) is 7.32. The number of thiazole rings is 1. The summed E-state index contributed by atoms with van der Waals surface area (Å²) in [5.41, 5.74) is 1.82. The van der Waals surface area contributed by atoms with E-state index >= 15 is 0 Å². The lowest BCUT2D eigenvalue weighted by Crippen LogP contribution is -2.39. The maximum absolute atomic E-state index is 13.6. The number of carbonyl (C=O) groups is 1. The maximum Gasteiger partial charge on any atom is 0.338 e. The Bertz CT molecular complexity index is 1390. The number of methoxy groups -OCH3 is 1. The van der Waals surface area contributed by atoms with Gasteiger partial charge in [-0.25, -0.2) is 9.79 Å². The summed E-state index contributed by atoms with van der Waals surface area (Å²) in [4.78, 5) is 32.9. The lowest BCUT2D eigenvalue weighted by Gasteiger charge is -2.24. The van der Waals surface area contributed by atoms with Crippen LogP contribution in [0, 0.1) is 0 Å². The van der Waals surface area contributed by atoms with Crippen LogP contribution in [-0.4, -0.2) is 24.3 Å². The first-order chi connectivity index (χ1) is 16.0. The minimum Gasteiger partial charge on any atom is -0.496 e. The van der Waals surface area contributed by atoms with E-state index in [1.165, 1.54) is 22.7 Å². The van der Waals surface area contributed by atoms with E-state index < -0.39 is 12.0 Å². The van der Waals surface area contributed by atoms with E-state index in [1.54, 1.807) is 18.6 Å². The van der Waals surface area contributed by atoms with E-state index in [9.17, 15) is 9.59 Å². The number of thiophene rings is 1. The molecular formula is C24H23BrN2O4S2. The molecule has 3 heterocycles. The number of halogens is 1. The minimum atomic E-state index is -0.549. The van der Waals surface area contributed by atoms with Gasteiger partial charge in [-0.1, -0.05) is 36.8 Å². The van der Waals surface area contributed by atoms with Crippen LogP contribution < -0.4 is 19.6 Å². The fourth-order valence-corrected chi connectivity index (χ4v) is 6.16. The van der Waals surface area contributed by atoms with Crippen LogP contribution in [0.15, 0.2) is 61.2 Å². The summed E-state index contributed by atoms with van der Waals surface area (Å²) in [6.45, 7) is 4.08. The number of fused-ring (bicyclic) bond motifs is 1. The molecule has 33 heavy (non-hydrogen) atoms. The second kappa shape index (κ2) is 10.2. The molecule has 0 radical (unpaired) electrons. The highest BCUT2D eigenvalue weighted by Crippen LogP contribution is 2.34. The molecule has 0 N–H and O–H groups in total. The van der Waals surface area contributed by atoms with Crippen molar-refractivity contribution in [3.05, 3.63) is 81.6 Å². The highest BCUT2D eigenvalue weighted by molar-refractivity contribution is 9.10. The van der Waals surface area contributed by atoms with E-state index in [0.717, 1.165) is 27.1 Å². The van der Waals surface area contributed by atoms with Gasteiger partial charge in [0.25, 0.3) is 5.56 Å². The quantitative estimate of drug-likeness (QED) is 0.411. The second-order valence-corrected chi connectivity index (χ2v) is 10.2. The van der Waals surface area contributed by atoms with Gasteiger partial charge in [0.2, 0.25) is 0 Å². The van der Waals surface area contributed by atoms with Crippen LogP contribution in [0.1, 0.15) is 43.2 Å². The Morgan fingerprint density at radius 3 is 2.76 bits per heavy atom. The van der Waals surface area contributed by atoms with E-state index in [-0.39, 0.29) is 12.2 Å². The molecule has 9 heteroatoms. The van der Waals surface area contributed by atoms with Crippen molar-refractivity contribution in [3.8, 4) is 5.75 Å². The first kappa shape index (κ1) is 23.7. The van der Waals surface area contributed by atoms with Gasteiger partial charge in [-0.2, -0.15) is 0 Å². The highest BCUT2D eigenvalue weighted by atomic mass is 79.9. The molecule has 1 aromatic carbocycles. The van der Waals surface area contributed by atoms with Crippen molar-refractivity contribution >= 4 is 50.6 Å². The van der Waals surface area contributed by atoms with Crippen molar-refractivity contribution in [2.75, 3.05) is 13.7 Å². The highest BCUT2D eigenvalue weighted by Gasteiger charge is 2.34. The number of allylic oxidation sites excluding steroid dienone is 1.